The molecule has 0 bridgehead atoms. The Morgan fingerprint density at radius 3 is 3.06 bits per heavy atom. The zero-order valence-electron chi connectivity index (χ0n) is 10.7. The van der Waals surface area contributed by atoms with Gasteiger partial charge in [-0.15, -0.1) is 0 Å². The molecule has 1 fully saturated rings. The van der Waals surface area contributed by atoms with Gasteiger partial charge in [0.25, 0.3) is 0 Å². The molecule has 0 spiro atoms. The van der Waals surface area contributed by atoms with Crippen LogP contribution in [0.15, 0.2) is 18.3 Å². The molecule has 2 unspecified atom stereocenters. The zero-order valence-corrected chi connectivity index (χ0v) is 10.7. The molecule has 1 saturated heterocycles. The van der Waals surface area contributed by atoms with Crippen LogP contribution >= 0.6 is 0 Å². The number of hydrogen-bond acceptors (Lipinski definition) is 5. The van der Waals surface area contributed by atoms with Crippen molar-refractivity contribution in [2.75, 3.05) is 25.1 Å². The second-order valence-electron chi connectivity index (χ2n) is 4.63. The van der Waals surface area contributed by atoms with Crippen molar-refractivity contribution in [2.45, 2.75) is 19.4 Å². The first-order valence-electron chi connectivity index (χ1n) is 6.09. The molecule has 1 aliphatic rings. The van der Waals surface area contributed by atoms with E-state index >= 15 is 0 Å². The Morgan fingerprint density at radius 1 is 1.67 bits per heavy atom. The predicted octanol–water partition coefficient (Wildman–Crippen LogP) is 1.08. The lowest BCUT2D eigenvalue weighted by molar-refractivity contribution is 0.0600. The number of methoxy groups -OCH3 is 1. The number of aliphatic hydroxyl groups is 1. The first-order valence-corrected chi connectivity index (χ1v) is 6.09. The fourth-order valence-corrected chi connectivity index (χ4v) is 2.23. The lowest BCUT2D eigenvalue weighted by Gasteiger charge is -2.18. The topological polar surface area (TPSA) is 62.7 Å². The van der Waals surface area contributed by atoms with Gasteiger partial charge < -0.3 is 14.7 Å². The Morgan fingerprint density at radius 2 is 2.44 bits per heavy atom. The standard InChI is InChI=1S/C13H18N2O3/c1-9(16)11-4-6-15(8-11)12-7-10(3-5-14-12)13(17)18-2/h3,5,7,9,11,16H,4,6,8H2,1-2H3. The van der Waals surface area contributed by atoms with Crippen LogP contribution in [0, 0.1) is 5.92 Å². The third-order valence-electron chi connectivity index (χ3n) is 3.40. The van der Waals surface area contributed by atoms with Crippen molar-refractivity contribution < 1.29 is 14.6 Å². The van der Waals surface area contributed by atoms with Gasteiger partial charge in [-0.25, -0.2) is 9.78 Å². The maximum atomic E-state index is 11.4. The highest BCUT2D eigenvalue weighted by Crippen LogP contribution is 2.24. The molecule has 5 nitrogen and oxygen atoms in total. The maximum Gasteiger partial charge on any atom is 0.338 e. The normalized spacial score (nSPS) is 20.8. The van der Waals surface area contributed by atoms with Crippen molar-refractivity contribution in [2.24, 2.45) is 5.92 Å². The van der Waals surface area contributed by atoms with Crippen molar-refractivity contribution in [3.63, 3.8) is 0 Å². The van der Waals surface area contributed by atoms with Gasteiger partial charge in [0.1, 0.15) is 5.82 Å². The van der Waals surface area contributed by atoms with Crippen LogP contribution in [0.25, 0.3) is 0 Å². The molecule has 5 heteroatoms. The summed E-state index contributed by atoms with van der Waals surface area (Å²) in [4.78, 5) is 17.8. The molecule has 2 rings (SSSR count). The first-order chi connectivity index (χ1) is 8.61. The number of ether oxygens (including phenoxy) is 1. The summed E-state index contributed by atoms with van der Waals surface area (Å²) >= 11 is 0. The summed E-state index contributed by atoms with van der Waals surface area (Å²) in [5, 5.41) is 9.58. The summed E-state index contributed by atoms with van der Waals surface area (Å²) in [6.07, 6.45) is 2.25. The van der Waals surface area contributed by atoms with Crippen LogP contribution in [0.1, 0.15) is 23.7 Å². The highest BCUT2D eigenvalue weighted by Gasteiger charge is 2.27. The average Bonchev–Trinajstić information content (AvgIpc) is 2.88. The van der Waals surface area contributed by atoms with Crippen LogP contribution in [-0.2, 0) is 4.74 Å². The van der Waals surface area contributed by atoms with E-state index < -0.39 is 0 Å². The molecule has 1 aromatic rings. The lowest BCUT2D eigenvalue weighted by Crippen LogP contribution is -2.24. The Bertz CT molecular complexity index is 434. The molecule has 1 aliphatic heterocycles. The zero-order chi connectivity index (χ0) is 13.1. The summed E-state index contributed by atoms with van der Waals surface area (Å²) in [7, 11) is 1.36. The minimum absolute atomic E-state index is 0.272. The van der Waals surface area contributed by atoms with Gasteiger partial charge in [0.15, 0.2) is 0 Å². The van der Waals surface area contributed by atoms with Crippen molar-refractivity contribution in [1.82, 2.24) is 4.98 Å². The largest absolute Gasteiger partial charge is 0.465 e. The second kappa shape index (κ2) is 5.35. The van der Waals surface area contributed by atoms with Gasteiger partial charge in [0.2, 0.25) is 0 Å². The van der Waals surface area contributed by atoms with Crippen molar-refractivity contribution in [3.8, 4) is 0 Å². The fourth-order valence-electron chi connectivity index (χ4n) is 2.23. The predicted molar refractivity (Wildman–Crippen MR) is 67.6 cm³/mol. The minimum Gasteiger partial charge on any atom is -0.465 e. The Hall–Kier alpha value is -1.62. The van der Waals surface area contributed by atoms with E-state index in [1.54, 1.807) is 18.3 Å². The molecule has 0 saturated carbocycles. The number of esters is 1. The number of carbonyl (C=O) groups excluding carboxylic acids is 1. The van der Waals surface area contributed by atoms with Crippen LogP contribution in [0.3, 0.4) is 0 Å². The highest BCUT2D eigenvalue weighted by atomic mass is 16.5. The van der Waals surface area contributed by atoms with E-state index in [0.29, 0.717) is 5.56 Å². The van der Waals surface area contributed by atoms with Crippen LogP contribution < -0.4 is 4.90 Å². The van der Waals surface area contributed by atoms with E-state index in [9.17, 15) is 9.90 Å². The maximum absolute atomic E-state index is 11.4. The molecular weight excluding hydrogens is 232 g/mol. The van der Waals surface area contributed by atoms with Crippen molar-refractivity contribution >= 4 is 11.8 Å². The number of anilines is 1. The van der Waals surface area contributed by atoms with E-state index in [4.69, 9.17) is 0 Å². The van der Waals surface area contributed by atoms with Crippen LogP contribution in [0.2, 0.25) is 0 Å². The number of aliphatic hydroxyl groups excluding tert-OH is 1. The van der Waals surface area contributed by atoms with Crippen LogP contribution in [0.4, 0.5) is 5.82 Å². The summed E-state index contributed by atoms with van der Waals surface area (Å²) < 4.78 is 4.69. The van der Waals surface area contributed by atoms with Gasteiger partial charge >= 0.3 is 5.97 Å². The summed E-state index contributed by atoms with van der Waals surface area (Å²) in [5.74, 6) is 0.680. The second-order valence-corrected chi connectivity index (χ2v) is 4.63. The van der Waals surface area contributed by atoms with E-state index in [1.165, 1.54) is 7.11 Å². The molecule has 2 heterocycles. The number of nitrogens with zero attached hydrogens (tertiary/aromatic N) is 2. The number of pyridine rings is 1. The summed E-state index contributed by atoms with van der Waals surface area (Å²) in [6, 6.07) is 3.37. The highest BCUT2D eigenvalue weighted by molar-refractivity contribution is 5.90. The van der Waals surface area contributed by atoms with Crippen molar-refractivity contribution in [3.05, 3.63) is 23.9 Å². The molecule has 2 atom stereocenters. The average molecular weight is 250 g/mol. The third kappa shape index (κ3) is 2.61. The molecule has 1 N–H and O–H groups in total. The third-order valence-corrected chi connectivity index (χ3v) is 3.40. The molecule has 0 radical (unpaired) electrons. The molecule has 0 aliphatic carbocycles. The fraction of sp³-hybridized carbons (Fsp3) is 0.538. The number of carbonyl (C=O) groups is 1. The summed E-state index contributed by atoms with van der Waals surface area (Å²) in [5.41, 5.74) is 0.503. The Labute approximate surface area is 106 Å². The van der Waals surface area contributed by atoms with Gasteiger partial charge in [-0.05, 0) is 25.5 Å². The summed E-state index contributed by atoms with van der Waals surface area (Å²) in [6.45, 7) is 3.44. The van der Waals surface area contributed by atoms with E-state index in [-0.39, 0.29) is 18.0 Å². The van der Waals surface area contributed by atoms with Crippen molar-refractivity contribution in [1.29, 1.82) is 0 Å². The monoisotopic (exact) mass is 250 g/mol. The van der Waals surface area contributed by atoms with Gasteiger partial charge in [-0.3, -0.25) is 0 Å². The van der Waals surface area contributed by atoms with E-state index in [0.717, 1.165) is 25.3 Å². The molecule has 0 aromatic carbocycles. The quantitative estimate of drug-likeness (QED) is 0.813. The molecule has 98 valence electrons. The van der Waals surface area contributed by atoms with Gasteiger partial charge in [-0.2, -0.15) is 0 Å². The number of rotatable bonds is 3. The minimum atomic E-state index is -0.357. The first kappa shape index (κ1) is 12.8. The molecule has 1 aromatic heterocycles. The molecule has 0 amide bonds. The molecular formula is C13H18N2O3. The van der Waals surface area contributed by atoms with Crippen LogP contribution in [-0.4, -0.2) is 42.4 Å². The van der Waals surface area contributed by atoms with Gasteiger partial charge in [-0.1, -0.05) is 0 Å². The Kier molecular flexibility index (Phi) is 3.81. The SMILES string of the molecule is COC(=O)c1ccnc(N2CCC(C(C)O)C2)c1. The lowest BCUT2D eigenvalue weighted by atomic mass is 10.0. The number of hydrogen-bond donors (Lipinski definition) is 1. The smallest absolute Gasteiger partial charge is 0.338 e. The van der Waals surface area contributed by atoms with E-state index in [2.05, 4.69) is 14.6 Å². The Balaban J connectivity index is 2.12. The van der Waals surface area contributed by atoms with E-state index in [1.807, 2.05) is 6.92 Å². The van der Waals surface area contributed by atoms with Crippen LogP contribution in [0.5, 0.6) is 0 Å². The van der Waals surface area contributed by atoms with Gasteiger partial charge in [0.05, 0.1) is 18.8 Å². The molecule has 18 heavy (non-hydrogen) atoms. The number of aromatic nitrogens is 1. The van der Waals surface area contributed by atoms with Gasteiger partial charge in [0, 0.05) is 25.2 Å².